The highest BCUT2D eigenvalue weighted by molar-refractivity contribution is 6.10. The minimum atomic E-state index is 0.536. The molecule has 246 valence electrons. The summed E-state index contributed by atoms with van der Waals surface area (Å²) in [5.41, 5.74) is 9.71. The number of hydrogen-bond acceptors (Lipinski definition) is 6. The highest BCUT2D eigenvalue weighted by Gasteiger charge is 2.19. The summed E-state index contributed by atoms with van der Waals surface area (Å²) in [6, 6.07) is 42.8. The molecule has 0 aliphatic heterocycles. The lowest BCUT2D eigenvalue weighted by Crippen LogP contribution is -2.00. The summed E-state index contributed by atoms with van der Waals surface area (Å²) >= 11 is 0. The normalized spacial score (nSPS) is 11.9. The van der Waals surface area contributed by atoms with E-state index in [4.69, 9.17) is 28.2 Å². The van der Waals surface area contributed by atoms with E-state index < -0.39 is 0 Å². The van der Waals surface area contributed by atoms with E-state index >= 15 is 0 Å². The third-order valence-electron chi connectivity index (χ3n) is 9.69. The summed E-state index contributed by atoms with van der Waals surface area (Å²) in [5.74, 6) is 2.53. The molecule has 0 spiro atoms. The topological polar surface area (TPSA) is 78.1 Å². The smallest absolute Gasteiger partial charge is 0.167 e. The molecule has 0 fully saturated rings. The first-order valence-electron chi connectivity index (χ1n) is 17.1. The predicted octanol–water partition coefficient (Wildman–Crippen LogP) is 12.6. The van der Waals surface area contributed by atoms with Crippen LogP contribution in [0.4, 0.5) is 0 Å². The molecule has 4 heterocycles. The maximum atomic E-state index is 6.47. The van der Waals surface area contributed by atoms with E-state index in [-0.39, 0.29) is 0 Å². The highest BCUT2D eigenvalue weighted by atomic mass is 16.3. The molecule has 0 radical (unpaired) electrons. The van der Waals surface area contributed by atoms with Crippen molar-refractivity contribution in [3.05, 3.63) is 157 Å². The highest BCUT2D eigenvalue weighted by Crippen LogP contribution is 2.40. The van der Waals surface area contributed by atoms with E-state index in [1.54, 1.807) is 6.08 Å². The van der Waals surface area contributed by atoms with Gasteiger partial charge in [0, 0.05) is 43.6 Å². The predicted molar refractivity (Wildman–Crippen MR) is 210 cm³/mol. The van der Waals surface area contributed by atoms with Gasteiger partial charge in [0.15, 0.2) is 17.5 Å². The Hall–Kier alpha value is -7.05. The maximum Gasteiger partial charge on any atom is 0.167 e. The largest absolute Gasteiger partial charge is 0.461 e. The zero-order chi connectivity index (χ0) is 34.8. The van der Waals surface area contributed by atoms with E-state index in [1.807, 2.05) is 97.9 Å². The zero-order valence-corrected chi connectivity index (χ0v) is 28.1. The Morgan fingerprint density at radius 3 is 2.08 bits per heavy atom. The van der Waals surface area contributed by atoms with Crippen molar-refractivity contribution in [3.63, 3.8) is 0 Å². The van der Waals surface area contributed by atoms with Crippen molar-refractivity contribution in [1.82, 2.24) is 15.0 Å². The van der Waals surface area contributed by atoms with Crippen molar-refractivity contribution in [2.45, 2.75) is 6.92 Å². The van der Waals surface area contributed by atoms with E-state index in [0.717, 1.165) is 94.0 Å². The van der Waals surface area contributed by atoms with Crippen LogP contribution < -0.4 is 0 Å². The van der Waals surface area contributed by atoms with Gasteiger partial charge in [-0.15, -0.1) is 0 Å². The fraction of sp³-hybridized carbons (Fsp3) is 0.0217. The van der Waals surface area contributed by atoms with Gasteiger partial charge < -0.3 is 13.3 Å². The van der Waals surface area contributed by atoms with Crippen molar-refractivity contribution >= 4 is 60.9 Å². The second-order valence-corrected chi connectivity index (χ2v) is 12.8. The van der Waals surface area contributed by atoms with Gasteiger partial charge in [0.25, 0.3) is 0 Å². The number of para-hydroxylation sites is 2. The maximum absolute atomic E-state index is 6.47. The van der Waals surface area contributed by atoms with Crippen LogP contribution in [0.1, 0.15) is 11.3 Å². The summed E-state index contributed by atoms with van der Waals surface area (Å²) in [6.45, 7) is 5.84. The number of aromatic nitrogens is 3. The molecule has 0 saturated heterocycles. The number of benzene rings is 6. The quantitative estimate of drug-likeness (QED) is 0.164. The lowest BCUT2D eigenvalue weighted by molar-refractivity contribution is 0.577. The van der Waals surface area contributed by atoms with Crippen molar-refractivity contribution in [2.75, 3.05) is 0 Å². The molecule has 0 bridgehead atoms. The number of aryl methyl sites for hydroxylation is 1. The van der Waals surface area contributed by atoms with Gasteiger partial charge in [0.1, 0.15) is 33.7 Å². The molecule has 0 aliphatic rings. The lowest BCUT2D eigenvalue weighted by atomic mass is 9.96. The molecule has 0 atom stereocenters. The summed E-state index contributed by atoms with van der Waals surface area (Å²) in [5, 5.41) is 5.18. The molecule has 10 aromatic rings. The van der Waals surface area contributed by atoms with E-state index in [1.165, 1.54) is 0 Å². The third kappa shape index (κ3) is 4.76. The molecule has 0 saturated carbocycles. The Labute approximate surface area is 298 Å². The van der Waals surface area contributed by atoms with Gasteiger partial charge in [0.2, 0.25) is 0 Å². The Bertz CT molecular complexity index is 3050. The van der Waals surface area contributed by atoms with Crippen molar-refractivity contribution in [3.8, 4) is 45.3 Å². The first-order valence-corrected chi connectivity index (χ1v) is 17.1. The monoisotopic (exact) mass is 671 g/mol. The molecule has 0 aliphatic carbocycles. The number of fused-ring (bicyclic) bond motifs is 7. The van der Waals surface area contributed by atoms with E-state index in [9.17, 15) is 0 Å². The van der Waals surface area contributed by atoms with Gasteiger partial charge in [-0.3, -0.25) is 0 Å². The lowest BCUT2D eigenvalue weighted by Gasteiger charge is -2.09. The fourth-order valence-corrected chi connectivity index (χ4v) is 7.24. The molecule has 6 aromatic carbocycles. The van der Waals surface area contributed by atoms with Crippen LogP contribution in [0.15, 0.2) is 159 Å². The Kier molecular flexibility index (Phi) is 6.76. The van der Waals surface area contributed by atoms with Gasteiger partial charge in [-0.2, -0.15) is 0 Å². The van der Waals surface area contributed by atoms with Crippen LogP contribution in [0.3, 0.4) is 0 Å². The number of furan rings is 3. The summed E-state index contributed by atoms with van der Waals surface area (Å²) < 4.78 is 19.0. The molecule has 0 unspecified atom stereocenters. The third-order valence-corrected chi connectivity index (χ3v) is 9.69. The second-order valence-electron chi connectivity index (χ2n) is 12.8. The Morgan fingerprint density at radius 1 is 0.500 bits per heavy atom. The molecule has 6 nitrogen and oxygen atoms in total. The van der Waals surface area contributed by atoms with Crippen LogP contribution in [0.5, 0.6) is 0 Å². The van der Waals surface area contributed by atoms with Crippen LogP contribution in [-0.4, -0.2) is 15.0 Å². The molecular weight excluding hydrogens is 643 g/mol. The number of hydrogen-bond donors (Lipinski definition) is 0. The van der Waals surface area contributed by atoms with Crippen LogP contribution >= 0.6 is 0 Å². The van der Waals surface area contributed by atoms with Crippen molar-refractivity contribution < 1.29 is 13.3 Å². The molecule has 4 aromatic heterocycles. The van der Waals surface area contributed by atoms with Crippen LogP contribution in [0.2, 0.25) is 0 Å². The number of allylic oxidation sites excluding steroid dienone is 2. The van der Waals surface area contributed by atoms with Gasteiger partial charge in [0.05, 0.1) is 5.56 Å². The first-order chi connectivity index (χ1) is 25.6. The van der Waals surface area contributed by atoms with Crippen molar-refractivity contribution in [2.24, 2.45) is 0 Å². The average molecular weight is 672 g/mol. The molecular formula is C46H29N3O3. The fourth-order valence-electron chi connectivity index (χ4n) is 7.24. The van der Waals surface area contributed by atoms with Gasteiger partial charge in [-0.25, -0.2) is 15.0 Å². The van der Waals surface area contributed by atoms with E-state index in [2.05, 4.69) is 55.1 Å². The van der Waals surface area contributed by atoms with Crippen molar-refractivity contribution in [1.29, 1.82) is 0 Å². The Morgan fingerprint density at radius 2 is 1.19 bits per heavy atom. The van der Waals surface area contributed by atoms with Gasteiger partial charge >= 0.3 is 0 Å². The summed E-state index contributed by atoms with van der Waals surface area (Å²) in [6.07, 6.45) is 5.77. The van der Waals surface area contributed by atoms with Gasteiger partial charge in [-0.05, 0) is 60.5 Å². The average Bonchev–Trinajstić information content (AvgIpc) is 3.86. The second kappa shape index (κ2) is 11.8. The van der Waals surface area contributed by atoms with Gasteiger partial charge in [-0.1, -0.05) is 110 Å². The summed E-state index contributed by atoms with van der Waals surface area (Å²) in [4.78, 5) is 15.0. The minimum absolute atomic E-state index is 0.536. The molecule has 0 N–H and O–H groups in total. The molecule has 10 rings (SSSR count). The molecule has 0 amide bonds. The molecule has 52 heavy (non-hydrogen) atoms. The first kappa shape index (κ1) is 29.8. The standard InChI is InChI=1S/C46H29N3O3/c1-3-4-14-31-27(2)50-40-20-11-16-32(42(31)40)29-22-24-39-37(25-29)34-23-21-30(26-41(34)51-39)45-47-44(28-12-6-5-7-13-28)48-46(49-45)36-18-10-17-35-33-15-8-9-19-38(33)52-43(35)36/h3-26H,1H2,2H3/b14-4-. The van der Waals surface area contributed by atoms with Crippen LogP contribution in [0, 0.1) is 6.92 Å². The van der Waals surface area contributed by atoms with Crippen LogP contribution in [-0.2, 0) is 0 Å². The van der Waals surface area contributed by atoms with E-state index in [0.29, 0.717) is 17.5 Å². The SMILES string of the molecule is C=C/C=C\c1c(C)oc2cccc(-c3ccc4oc5cc(-c6nc(-c7ccccc7)nc(-c7cccc8c7oc7ccccc78)n6)ccc5c4c3)c12. The Balaban J connectivity index is 1.12. The summed E-state index contributed by atoms with van der Waals surface area (Å²) in [7, 11) is 0. The molecule has 6 heteroatoms. The van der Waals surface area contributed by atoms with Crippen LogP contribution in [0.25, 0.3) is 106 Å². The zero-order valence-electron chi connectivity index (χ0n) is 28.1. The number of nitrogens with zero attached hydrogens (tertiary/aromatic N) is 3. The number of rotatable bonds is 6. The minimum Gasteiger partial charge on any atom is -0.461 e.